The fourth-order valence-electron chi connectivity index (χ4n) is 3.07. The maximum atomic E-state index is 13.2. The predicted octanol–water partition coefficient (Wildman–Crippen LogP) is 5.01. The van der Waals surface area contributed by atoms with Crippen molar-refractivity contribution in [2.24, 2.45) is 0 Å². The predicted molar refractivity (Wildman–Crippen MR) is 110 cm³/mol. The molecule has 0 spiro atoms. The van der Waals surface area contributed by atoms with Crippen LogP contribution in [0.15, 0.2) is 60.7 Å². The number of anilines is 1. The molecule has 3 aromatic rings. The highest BCUT2D eigenvalue weighted by Gasteiger charge is 2.20. The molecule has 0 aliphatic rings. The molecule has 1 amide bonds. The van der Waals surface area contributed by atoms with E-state index in [-0.39, 0.29) is 18.9 Å². The van der Waals surface area contributed by atoms with E-state index in [0.29, 0.717) is 28.4 Å². The smallest absolute Gasteiger partial charge is 0.303 e. The van der Waals surface area contributed by atoms with E-state index in [1.54, 1.807) is 36.3 Å². The molecule has 0 radical (unpaired) electrons. The summed E-state index contributed by atoms with van der Waals surface area (Å²) in [7, 11) is 1.59. The van der Waals surface area contributed by atoms with Crippen LogP contribution in [0.4, 0.5) is 5.69 Å². The zero-order valence-corrected chi connectivity index (χ0v) is 16.1. The first-order chi connectivity index (χ1) is 13.5. The van der Waals surface area contributed by atoms with Gasteiger partial charge in [0.25, 0.3) is 5.91 Å². The molecule has 0 aliphatic heterocycles. The van der Waals surface area contributed by atoms with E-state index in [1.807, 2.05) is 36.4 Å². The van der Waals surface area contributed by atoms with Crippen LogP contribution in [-0.4, -0.2) is 30.6 Å². The summed E-state index contributed by atoms with van der Waals surface area (Å²) in [5.41, 5.74) is 1.20. The van der Waals surface area contributed by atoms with Crippen LogP contribution >= 0.6 is 11.6 Å². The average molecular weight is 398 g/mol. The summed E-state index contributed by atoms with van der Waals surface area (Å²) in [6.45, 7) is 0.282. The molecule has 144 valence electrons. The summed E-state index contributed by atoms with van der Waals surface area (Å²) in [4.78, 5) is 25.8. The fourth-order valence-corrected chi connectivity index (χ4v) is 3.19. The van der Waals surface area contributed by atoms with Crippen molar-refractivity contribution in [1.29, 1.82) is 0 Å². The number of carbonyl (C=O) groups is 2. The minimum Gasteiger partial charge on any atom is -0.497 e. The Kier molecular flexibility index (Phi) is 6.16. The van der Waals surface area contributed by atoms with Crippen molar-refractivity contribution in [2.75, 3.05) is 18.6 Å². The number of hydrogen-bond acceptors (Lipinski definition) is 3. The van der Waals surface area contributed by atoms with Gasteiger partial charge in [0.1, 0.15) is 5.75 Å². The zero-order chi connectivity index (χ0) is 20.1. The van der Waals surface area contributed by atoms with Gasteiger partial charge in [0.05, 0.1) is 12.8 Å². The third kappa shape index (κ3) is 4.43. The summed E-state index contributed by atoms with van der Waals surface area (Å²) in [5.74, 6) is -0.416. The number of methoxy groups -OCH3 is 1. The maximum Gasteiger partial charge on any atom is 0.303 e. The highest BCUT2D eigenvalue weighted by Crippen LogP contribution is 2.31. The standard InChI is InChI=1S/C22H20ClNO4/c1-28-18-12-9-15-4-2-5-20(19(15)14-18)24(13-3-6-21(25)26)22(27)16-7-10-17(23)11-8-16/h2,4-5,7-12,14H,3,6,13H2,1H3,(H,25,26). The quantitative estimate of drug-likeness (QED) is 0.608. The zero-order valence-electron chi connectivity index (χ0n) is 15.4. The molecule has 0 atom stereocenters. The number of nitrogens with zero attached hydrogens (tertiary/aromatic N) is 1. The summed E-state index contributed by atoms with van der Waals surface area (Å²) in [6.07, 6.45) is 0.327. The molecule has 0 bridgehead atoms. The molecule has 0 saturated heterocycles. The first-order valence-corrected chi connectivity index (χ1v) is 9.23. The third-order valence-electron chi connectivity index (χ3n) is 4.47. The van der Waals surface area contributed by atoms with Gasteiger partial charge in [0.2, 0.25) is 0 Å². The number of fused-ring (bicyclic) bond motifs is 1. The Balaban J connectivity index is 2.05. The highest BCUT2D eigenvalue weighted by molar-refractivity contribution is 6.30. The Hall–Kier alpha value is -3.05. The maximum absolute atomic E-state index is 13.2. The van der Waals surface area contributed by atoms with Gasteiger partial charge in [-0.3, -0.25) is 9.59 Å². The Morgan fingerprint density at radius 2 is 1.82 bits per heavy atom. The lowest BCUT2D eigenvalue weighted by Gasteiger charge is -2.24. The number of hydrogen-bond donors (Lipinski definition) is 1. The number of carbonyl (C=O) groups excluding carboxylic acids is 1. The van der Waals surface area contributed by atoms with Crippen LogP contribution in [0.2, 0.25) is 5.02 Å². The van der Waals surface area contributed by atoms with Crippen LogP contribution < -0.4 is 9.64 Å². The second-order valence-electron chi connectivity index (χ2n) is 6.33. The molecular formula is C22H20ClNO4. The van der Waals surface area contributed by atoms with E-state index in [0.717, 1.165) is 10.8 Å². The lowest BCUT2D eigenvalue weighted by Crippen LogP contribution is -2.32. The van der Waals surface area contributed by atoms with Crippen LogP contribution in [0, 0.1) is 0 Å². The van der Waals surface area contributed by atoms with Gasteiger partial charge in [-0.2, -0.15) is 0 Å². The molecule has 0 fully saturated rings. The van der Waals surface area contributed by atoms with Gasteiger partial charge in [-0.05, 0) is 54.3 Å². The van der Waals surface area contributed by atoms with Crippen molar-refractivity contribution in [3.05, 3.63) is 71.2 Å². The van der Waals surface area contributed by atoms with Gasteiger partial charge in [-0.1, -0.05) is 29.8 Å². The lowest BCUT2D eigenvalue weighted by atomic mass is 10.1. The molecule has 3 rings (SSSR count). The van der Waals surface area contributed by atoms with Crippen LogP contribution in [0.25, 0.3) is 10.8 Å². The molecular weight excluding hydrogens is 378 g/mol. The number of rotatable bonds is 7. The average Bonchev–Trinajstić information content (AvgIpc) is 2.70. The van der Waals surface area contributed by atoms with Gasteiger partial charge in [-0.15, -0.1) is 0 Å². The second-order valence-corrected chi connectivity index (χ2v) is 6.76. The molecule has 5 nitrogen and oxygen atoms in total. The number of aliphatic carboxylic acids is 1. The van der Waals surface area contributed by atoms with Gasteiger partial charge in [0, 0.05) is 28.9 Å². The molecule has 0 heterocycles. The molecule has 0 saturated carbocycles. The van der Waals surface area contributed by atoms with Crippen LogP contribution in [0.5, 0.6) is 5.75 Å². The topological polar surface area (TPSA) is 66.8 Å². The minimum atomic E-state index is -0.890. The number of benzene rings is 3. The third-order valence-corrected chi connectivity index (χ3v) is 4.72. The number of carboxylic acids is 1. The largest absolute Gasteiger partial charge is 0.497 e. The number of carboxylic acid groups (broad SMARTS) is 1. The molecule has 0 aromatic heterocycles. The monoisotopic (exact) mass is 397 g/mol. The normalized spacial score (nSPS) is 10.6. The minimum absolute atomic E-state index is 0.0154. The van der Waals surface area contributed by atoms with E-state index >= 15 is 0 Å². The van der Waals surface area contributed by atoms with Crippen molar-refractivity contribution in [3.63, 3.8) is 0 Å². The van der Waals surface area contributed by atoms with Gasteiger partial charge >= 0.3 is 5.97 Å². The molecule has 0 unspecified atom stereocenters. The second kappa shape index (κ2) is 8.76. The van der Waals surface area contributed by atoms with E-state index in [2.05, 4.69) is 0 Å². The Morgan fingerprint density at radius 1 is 1.07 bits per heavy atom. The first-order valence-electron chi connectivity index (χ1n) is 8.85. The summed E-state index contributed by atoms with van der Waals surface area (Å²) < 4.78 is 5.33. The lowest BCUT2D eigenvalue weighted by molar-refractivity contribution is -0.137. The summed E-state index contributed by atoms with van der Waals surface area (Å²) in [6, 6.07) is 18.0. The first kappa shape index (κ1) is 19.7. The van der Waals surface area contributed by atoms with E-state index < -0.39 is 5.97 Å². The van der Waals surface area contributed by atoms with Crippen molar-refractivity contribution in [1.82, 2.24) is 0 Å². The summed E-state index contributed by atoms with van der Waals surface area (Å²) in [5, 5.41) is 11.4. The molecule has 6 heteroatoms. The number of halogens is 1. The van der Waals surface area contributed by atoms with E-state index in [1.165, 1.54) is 0 Å². The summed E-state index contributed by atoms with van der Waals surface area (Å²) >= 11 is 5.94. The van der Waals surface area contributed by atoms with E-state index in [9.17, 15) is 9.59 Å². The molecule has 28 heavy (non-hydrogen) atoms. The fraction of sp³-hybridized carbons (Fsp3) is 0.182. The van der Waals surface area contributed by atoms with Gasteiger partial charge in [-0.25, -0.2) is 0 Å². The van der Waals surface area contributed by atoms with Crippen molar-refractivity contribution in [3.8, 4) is 5.75 Å². The van der Waals surface area contributed by atoms with Gasteiger partial charge in [0.15, 0.2) is 0 Å². The van der Waals surface area contributed by atoms with Crippen LogP contribution in [0.1, 0.15) is 23.2 Å². The van der Waals surface area contributed by atoms with Crippen molar-refractivity contribution >= 4 is 39.9 Å². The molecule has 0 aliphatic carbocycles. The Labute approximate surface area is 168 Å². The molecule has 3 aromatic carbocycles. The van der Waals surface area contributed by atoms with Crippen LogP contribution in [0.3, 0.4) is 0 Å². The Morgan fingerprint density at radius 3 is 2.50 bits per heavy atom. The SMILES string of the molecule is COc1ccc2cccc(N(CCCC(=O)O)C(=O)c3ccc(Cl)cc3)c2c1. The van der Waals surface area contributed by atoms with Gasteiger partial charge < -0.3 is 14.7 Å². The van der Waals surface area contributed by atoms with Crippen molar-refractivity contribution < 1.29 is 19.4 Å². The number of amides is 1. The highest BCUT2D eigenvalue weighted by atomic mass is 35.5. The van der Waals surface area contributed by atoms with Crippen molar-refractivity contribution in [2.45, 2.75) is 12.8 Å². The molecule has 1 N–H and O–H groups in total. The van der Waals surface area contributed by atoms with Crippen LogP contribution in [-0.2, 0) is 4.79 Å². The number of ether oxygens (including phenoxy) is 1. The van der Waals surface area contributed by atoms with E-state index in [4.69, 9.17) is 21.4 Å². The Bertz CT molecular complexity index is 1000.